The number of aryl methyl sites for hydroxylation is 1. The lowest BCUT2D eigenvalue weighted by Crippen LogP contribution is -2.42. The summed E-state index contributed by atoms with van der Waals surface area (Å²) in [7, 11) is 3.39. The summed E-state index contributed by atoms with van der Waals surface area (Å²) in [6.45, 7) is 3.22. The van der Waals surface area contributed by atoms with Crippen molar-refractivity contribution >= 4 is 5.91 Å². The molecule has 0 heterocycles. The first-order valence-corrected chi connectivity index (χ1v) is 6.65. The van der Waals surface area contributed by atoms with Crippen molar-refractivity contribution in [1.29, 1.82) is 0 Å². The Morgan fingerprint density at radius 3 is 2.42 bits per heavy atom. The quantitative estimate of drug-likeness (QED) is 0.813. The number of carbonyl (C=O) groups excluding carboxylic acids is 1. The zero-order valence-corrected chi connectivity index (χ0v) is 12.1. The lowest BCUT2D eigenvalue weighted by atomic mass is 10.1. The smallest absolute Gasteiger partial charge is 0.239 e. The van der Waals surface area contributed by atoms with Gasteiger partial charge in [0, 0.05) is 27.3 Å². The zero-order valence-electron chi connectivity index (χ0n) is 12.1. The molecule has 2 N–H and O–H groups in total. The Morgan fingerprint density at radius 2 is 1.89 bits per heavy atom. The maximum absolute atomic E-state index is 12.0. The van der Waals surface area contributed by atoms with Gasteiger partial charge in [-0.25, -0.2) is 0 Å². The number of rotatable bonds is 7. The second kappa shape index (κ2) is 7.92. The van der Waals surface area contributed by atoms with Gasteiger partial charge in [-0.1, -0.05) is 31.2 Å². The van der Waals surface area contributed by atoms with Crippen molar-refractivity contribution in [3.8, 4) is 0 Å². The summed E-state index contributed by atoms with van der Waals surface area (Å²) in [6.07, 6.45) is 1.57. The average Bonchev–Trinajstić information content (AvgIpc) is 2.44. The van der Waals surface area contributed by atoms with E-state index < -0.39 is 6.04 Å². The fourth-order valence-electron chi connectivity index (χ4n) is 1.88. The van der Waals surface area contributed by atoms with Crippen LogP contribution >= 0.6 is 0 Å². The molecule has 0 saturated carbocycles. The summed E-state index contributed by atoms with van der Waals surface area (Å²) in [5.74, 6) is -0.0448. The molecule has 0 spiro atoms. The molecule has 1 unspecified atom stereocenters. The van der Waals surface area contributed by atoms with Gasteiger partial charge in [0.15, 0.2) is 0 Å². The Bertz CT molecular complexity index is 390. The van der Waals surface area contributed by atoms with Gasteiger partial charge in [0.25, 0.3) is 0 Å². The summed E-state index contributed by atoms with van der Waals surface area (Å²) in [4.78, 5) is 13.7. The lowest BCUT2D eigenvalue weighted by molar-refractivity contribution is -0.132. The van der Waals surface area contributed by atoms with E-state index in [1.165, 1.54) is 5.56 Å². The molecule has 106 valence electrons. The fourth-order valence-corrected chi connectivity index (χ4v) is 1.88. The Balaban J connectivity index is 2.52. The molecule has 0 saturated heterocycles. The van der Waals surface area contributed by atoms with E-state index in [1.807, 2.05) is 0 Å². The molecule has 0 radical (unpaired) electrons. The van der Waals surface area contributed by atoms with Crippen molar-refractivity contribution in [3.63, 3.8) is 0 Å². The molecular formula is C15H24N2O2. The van der Waals surface area contributed by atoms with Gasteiger partial charge < -0.3 is 15.4 Å². The first kappa shape index (κ1) is 15.7. The minimum absolute atomic E-state index is 0.0448. The van der Waals surface area contributed by atoms with Gasteiger partial charge in [0.1, 0.15) is 0 Å². The third kappa shape index (κ3) is 5.01. The van der Waals surface area contributed by atoms with Crippen LogP contribution in [0, 0.1) is 0 Å². The number of carbonyl (C=O) groups is 1. The van der Waals surface area contributed by atoms with Crippen molar-refractivity contribution in [2.75, 3.05) is 20.8 Å². The fraction of sp³-hybridized carbons (Fsp3) is 0.533. The normalized spacial score (nSPS) is 12.2. The Kier molecular flexibility index (Phi) is 6.53. The first-order valence-electron chi connectivity index (χ1n) is 6.65. The van der Waals surface area contributed by atoms with Crippen LogP contribution in [-0.2, 0) is 22.5 Å². The first-order chi connectivity index (χ1) is 9.08. The number of hydrogen-bond donors (Lipinski definition) is 1. The minimum atomic E-state index is -0.486. The lowest BCUT2D eigenvalue weighted by Gasteiger charge is -2.21. The Hall–Kier alpha value is -1.39. The maximum atomic E-state index is 12.0. The third-order valence-electron chi connectivity index (χ3n) is 3.18. The SMILES string of the molecule is CCc1ccc(CN(C)C(=O)C(N)CCOC)cc1. The number of nitrogens with zero attached hydrogens (tertiary/aromatic N) is 1. The largest absolute Gasteiger partial charge is 0.385 e. The van der Waals surface area contributed by atoms with Gasteiger partial charge >= 0.3 is 0 Å². The number of ether oxygens (including phenoxy) is 1. The van der Waals surface area contributed by atoms with Gasteiger partial charge in [-0.2, -0.15) is 0 Å². The van der Waals surface area contributed by atoms with Crippen LogP contribution in [0.5, 0.6) is 0 Å². The van der Waals surface area contributed by atoms with Crippen LogP contribution in [0.2, 0.25) is 0 Å². The highest BCUT2D eigenvalue weighted by molar-refractivity contribution is 5.81. The van der Waals surface area contributed by atoms with Crippen LogP contribution < -0.4 is 5.73 Å². The van der Waals surface area contributed by atoms with E-state index in [2.05, 4.69) is 31.2 Å². The molecule has 1 aromatic rings. The number of amides is 1. The van der Waals surface area contributed by atoms with Crippen molar-refractivity contribution < 1.29 is 9.53 Å². The molecular weight excluding hydrogens is 240 g/mol. The van der Waals surface area contributed by atoms with Gasteiger partial charge in [0.2, 0.25) is 5.91 Å². The molecule has 1 atom stereocenters. The molecule has 19 heavy (non-hydrogen) atoms. The van der Waals surface area contributed by atoms with Crippen LogP contribution in [-0.4, -0.2) is 37.6 Å². The second-order valence-electron chi connectivity index (χ2n) is 4.75. The van der Waals surface area contributed by atoms with Gasteiger partial charge in [0.05, 0.1) is 6.04 Å². The molecule has 0 aromatic heterocycles. The summed E-state index contributed by atoms with van der Waals surface area (Å²) < 4.78 is 4.94. The molecule has 1 rings (SSSR count). The van der Waals surface area contributed by atoms with Crippen molar-refractivity contribution in [3.05, 3.63) is 35.4 Å². The summed E-state index contributed by atoms with van der Waals surface area (Å²) in [5.41, 5.74) is 8.25. The predicted octanol–water partition coefficient (Wildman–Crippen LogP) is 1.57. The van der Waals surface area contributed by atoms with Crippen molar-refractivity contribution in [2.24, 2.45) is 5.73 Å². The molecule has 0 aliphatic carbocycles. The molecule has 0 bridgehead atoms. The Morgan fingerprint density at radius 1 is 1.32 bits per heavy atom. The van der Waals surface area contributed by atoms with Crippen LogP contribution in [0.1, 0.15) is 24.5 Å². The summed E-state index contributed by atoms with van der Waals surface area (Å²) in [6, 6.07) is 7.82. The number of hydrogen-bond acceptors (Lipinski definition) is 3. The minimum Gasteiger partial charge on any atom is -0.385 e. The van der Waals surface area contributed by atoms with E-state index in [9.17, 15) is 4.79 Å². The summed E-state index contributed by atoms with van der Waals surface area (Å²) in [5, 5.41) is 0. The van der Waals surface area contributed by atoms with Gasteiger partial charge in [-0.3, -0.25) is 4.79 Å². The Labute approximate surface area is 115 Å². The molecule has 0 fully saturated rings. The number of likely N-dealkylation sites (N-methyl/N-ethyl adjacent to an activating group) is 1. The highest BCUT2D eigenvalue weighted by Gasteiger charge is 2.17. The highest BCUT2D eigenvalue weighted by Crippen LogP contribution is 2.08. The molecule has 1 amide bonds. The average molecular weight is 264 g/mol. The van der Waals surface area contributed by atoms with E-state index >= 15 is 0 Å². The van der Waals surface area contributed by atoms with Crippen LogP contribution in [0.4, 0.5) is 0 Å². The number of benzene rings is 1. The topological polar surface area (TPSA) is 55.6 Å². The van der Waals surface area contributed by atoms with E-state index in [4.69, 9.17) is 10.5 Å². The van der Waals surface area contributed by atoms with E-state index in [0.717, 1.165) is 12.0 Å². The monoisotopic (exact) mass is 264 g/mol. The second-order valence-corrected chi connectivity index (χ2v) is 4.75. The molecule has 0 aliphatic heterocycles. The molecule has 4 nitrogen and oxygen atoms in total. The van der Waals surface area contributed by atoms with Crippen LogP contribution in [0.3, 0.4) is 0 Å². The van der Waals surface area contributed by atoms with Gasteiger partial charge in [-0.15, -0.1) is 0 Å². The van der Waals surface area contributed by atoms with Crippen molar-refractivity contribution in [1.82, 2.24) is 4.90 Å². The van der Waals surface area contributed by atoms with E-state index in [0.29, 0.717) is 19.6 Å². The zero-order chi connectivity index (χ0) is 14.3. The number of nitrogens with two attached hydrogens (primary N) is 1. The van der Waals surface area contributed by atoms with Crippen LogP contribution in [0.15, 0.2) is 24.3 Å². The van der Waals surface area contributed by atoms with Gasteiger partial charge in [-0.05, 0) is 24.0 Å². The molecule has 1 aromatic carbocycles. The van der Waals surface area contributed by atoms with E-state index in [1.54, 1.807) is 19.1 Å². The molecule has 4 heteroatoms. The third-order valence-corrected chi connectivity index (χ3v) is 3.18. The predicted molar refractivity (Wildman–Crippen MR) is 76.8 cm³/mol. The number of methoxy groups -OCH3 is 1. The molecule has 0 aliphatic rings. The standard InChI is InChI=1S/C15H24N2O2/c1-4-12-5-7-13(8-6-12)11-17(2)15(18)14(16)9-10-19-3/h5-8,14H,4,9-11,16H2,1-3H3. The highest BCUT2D eigenvalue weighted by atomic mass is 16.5. The maximum Gasteiger partial charge on any atom is 0.239 e. The van der Waals surface area contributed by atoms with Crippen LogP contribution in [0.25, 0.3) is 0 Å². The summed E-state index contributed by atoms with van der Waals surface area (Å²) >= 11 is 0. The van der Waals surface area contributed by atoms with Crippen molar-refractivity contribution in [2.45, 2.75) is 32.4 Å². The van der Waals surface area contributed by atoms with E-state index in [-0.39, 0.29) is 5.91 Å².